The minimum atomic E-state index is -0.696. The fraction of sp³-hybridized carbons (Fsp3) is 0.235. The number of carbonyl (C=O) groups is 2. The van der Waals surface area contributed by atoms with Gasteiger partial charge < -0.3 is 19.8 Å². The van der Waals surface area contributed by atoms with Gasteiger partial charge in [0.1, 0.15) is 5.75 Å². The van der Waals surface area contributed by atoms with Crippen LogP contribution in [0.1, 0.15) is 23.0 Å². The van der Waals surface area contributed by atoms with Gasteiger partial charge in [-0.15, -0.1) is 0 Å². The Bertz CT molecular complexity index is 717. The predicted molar refractivity (Wildman–Crippen MR) is 85.3 cm³/mol. The van der Waals surface area contributed by atoms with Crippen LogP contribution >= 0.6 is 0 Å². The molecule has 2 N–H and O–H groups in total. The number of furan rings is 1. The van der Waals surface area contributed by atoms with Crippen molar-refractivity contribution in [3.63, 3.8) is 0 Å². The first-order valence-corrected chi connectivity index (χ1v) is 7.36. The molecule has 0 aliphatic carbocycles. The molecule has 0 saturated heterocycles. The zero-order valence-corrected chi connectivity index (χ0v) is 13.1. The molecule has 7 heteroatoms. The van der Waals surface area contributed by atoms with E-state index in [4.69, 9.17) is 14.4 Å². The lowest BCUT2D eigenvalue weighted by molar-refractivity contribution is -0.127. The van der Waals surface area contributed by atoms with E-state index < -0.39 is 6.10 Å². The summed E-state index contributed by atoms with van der Waals surface area (Å²) in [7, 11) is 0. The van der Waals surface area contributed by atoms with Crippen molar-refractivity contribution in [1.29, 1.82) is 5.26 Å². The van der Waals surface area contributed by atoms with E-state index in [-0.39, 0.29) is 30.7 Å². The molecular weight excluding hydrogens is 310 g/mol. The van der Waals surface area contributed by atoms with Crippen LogP contribution in [0.4, 0.5) is 0 Å². The van der Waals surface area contributed by atoms with E-state index in [1.807, 2.05) is 6.07 Å². The average molecular weight is 327 g/mol. The lowest BCUT2D eigenvalue weighted by Gasteiger charge is -2.14. The van der Waals surface area contributed by atoms with E-state index in [2.05, 4.69) is 10.6 Å². The van der Waals surface area contributed by atoms with Crippen LogP contribution < -0.4 is 15.4 Å². The summed E-state index contributed by atoms with van der Waals surface area (Å²) in [5.41, 5.74) is 0.520. The summed E-state index contributed by atoms with van der Waals surface area (Å²) in [6, 6.07) is 11.7. The molecular formula is C17H17N3O4. The van der Waals surface area contributed by atoms with Gasteiger partial charge in [0.15, 0.2) is 11.9 Å². The van der Waals surface area contributed by atoms with Gasteiger partial charge in [0.25, 0.3) is 11.8 Å². The number of hydrogen-bond acceptors (Lipinski definition) is 5. The molecule has 1 aromatic carbocycles. The van der Waals surface area contributed by atoms with Gasteiger partial charge >= 0.3 is 0 Å². The van der Waals surface area contributed by atoms with E-state index in [1.54, 1.807) is 43.3 Å². The minimum Gasteiger partial charge on any atom is -0.481 e. The summed E-state index contributed by atoms with van der Waals surface area (Å²) in [6.07, 6.45) is 0.720. The lowest BCUT2D eigenvalue weighted by Crippen LogP contribution is -2.40. The Balaban J connectivity index is 1.69. The van der Waals surface area contributed by atoms with E-state index >= 15 is 0 Å². The molecule has 7 nitrogen and oxygen atoms in total. The number of hydrogen-bond donors (Lipinski definition) is 2. The maximum atomic E-state index is 11.9. The molecule has 124 valence electrons. The minimum absolute atomic E-state index is 0.221. The maximum Gasteiger partial charge on any atom is 0.287 e. The molecule has 0 spiro atoms. The number of ether oxygens (including phenoxy) is 1. The second-order valence-electron chi connectivity index (χ2n) is 4.92. The molecule has 2 amide bonds. The summed E-state index contributed by atoms with van der Waals surface area (Å²) < 4.78 is 10.4. The van der Waals surface area contributed by atoms with Crippen LogP contribution in [0.5, 0.6) is 5.75 Å². The molecule has 1 atom stereocenters. The number of nitrogens with zero attached hydrogens (tertiary/aromatic N) is 1. The van der Waals surface area contributed by atoms with Crippen molar-refractivity contribution < 1.29 is 18.7 Å². The van der Waals surface area contributed by atoms with Crippen LogP contribution in [0, 0.1) is 11.3 Å². The van der Waals surface area contributed by atoms with Crippen LogP contribution in [0.15, 0.2) is 47.1 Å². The number of amides is 2. The van der Waals surface area contributed by atoms with Gasteiger partial charge in [-0.1, -0.05) is 0 Å². The number of nitrogens with one attached hydrogen (secondary N) is 2. The molecule has 0 radical (unpaired) electrons. The first kappa shape index (κ1) is 17.1. The third-order valence-electron chi connectivity index (χ3n) is 3.12. The molecule has 0 aliphatic heterocycles. The Kier molecular flexibility index (Phi) is 5.97. The summed E-state index contributed by atoms with van der Waals surface area (Å²) in [5, 5.41) is 14.0. The third kappa shape index (κ3) is 4.88. The highest BCUT2D eigenvalue weighted by Gasteiger charge is 2.14. The summed E-state index contributed by atoms with van der Waals surface area (Å²) in [6.45, 7) is 2.16. The van der Waals surface area contributed by atoms with Gasteiger partial charge in [0.2, 0.25) is 0 Å². The molecule has 1 aromatic heterocycles. The molecule has 2 rings (SSSR count). The maximum absolute atomic E-state index is 11.9. The Morgan fingerprint density at radius 2 is 1.92 bits per heavy atom. The van der Waals surface area contributed by atoms with Crippen LogP contribution in [-0.4, -0.2) is 31.0 Å². The molecule has 24 heavy (non-hydrogen) atoms. The molecule has 1 unspecified atom stereocenters. The quantitative estimate of drug-likeness (QED) is 0.749. The highest BCUT2D eigenvalue weighted by Crippen LogP contribution is 2.13. The molecule has 0 aliphatic rings. The molecule has 0 bridgehead atoms. The SMILES string of the molecule is CC(Oc1ccc(C#N)cc1)C(=O)NCCNC(=O)c1ccco1. The fourth-order valence-electron chi connectivity index (χ4n) is 1.87. The summed E-state index contributed by atoms with van der Waals surface area (Å²) in [4.78, 5) is 23.5. The van der Waals surface area contributed by atoms with Crippen LogP contribution in [0.3, 0.4) is 0 Å². The highest BCUT2D eigenvalue weighted by atomic mass is 16.5. The van der Waals surface area contributed by atoms with Gasteiger partial charge in [-0.2, -0.15) is 5.26 Å². The Labute approximate surface area is 139 Å². The Hall–Kier alpha value is -3.27. The van der Waals surface area contributed by atoms with Crippen molar-refractivity contribution >= 4 is 11.8 Å². The largest absolute Gasteiger partial charge is 0.481 e. The van der Waals surface area contributed by atoms with Gasteiger partial charge in [0, 0.05) is 13.1 Å². The third-order valence-corrected chi connectivity index (χ3v) is 3.12. The second kappa shape index (κ2) is 8.39. The fourth-order valence-corrected chi connectivity index (χ4v) is 1.87. The number of benzene rings is 1. The van der Waals surface area contributed by atoms with Crippen LogP contribution in [0.2, 0.25) is 0 Å². The van der Waals surface area contributed by atoms with Crippen molar-refractivity contribution in [3.8, 4) is 11.8 Å². The number of rotatable bonds is 7. The first-order chi connectivity index (χ1) is 11.6. The van der Waals surface area contributed by atoms with Crippen molar-refractivity contribution in [2.75, 3.05) is 13.1 Å². The van der Waals surface area contributed by atoms with Gasteiger partial charge in [-0.3, -0.25) is 9.59 Å². The summed E-state index contributed by atoms with van der Waals surface area (Å²) in [5.74, 6) is 0.0874. The molecule has 0 saturated carbocycles. The second-order valence-corrected chi connectivity index (χ2v) is 4.92. The Morgan fingerprint density at radius 1 is 1.21 bits per heavy atom. The number of nitriles is 1. The average Bonchev–Trinajstić information content (AvgIpc) is 3.13. The Morgan fingerprint density at radius 3 is 2.54 bits per heavy atom. The number of carbonyl (C=O) groups excluding carboxylic acids is 2. The topological polar surface area (TPSA) is 104 Å². The van der Waals surface area contributed by atoms with Crippen molar-refractivity contribution in [3.05, 3.63) is 54.0 Å². The van der Waals surface area contributed by atoms with Crippen molar-refractivity contribution in [1.82, 2.24) is 10.6 Å². The van der Waals surface area contributed by atoms with Crippen molar-refractivity contribution in [2.24, 2.45) is 0 Å². The monoisotopic (exact) mass is 327 g/mol. The first-order valence-electron chi connectivity index (χ1n) is 7.36. The van der Waals surface area contributed by atoms with E-state index in [0.29, 0.717) is 11.3 Å². The standard InChI is InChI=1S/C17H17N3O4/c1-12(24-14-6-4-13(11-18)5-7-14)16(21)19-8-9-20-17(22)15-3-2-10-23-15/h2-7,10,12H,8-9H2,1H3,(H,19,21)(H,20,22). The zero-order chi connectivity index (χ0) is 17.4. The zero-order valence-electron chi connectivity index (χ0n) is 13.1. The summed E-state index contributed by atoms with van der Waals surface area (Å²) >= 11 is 0. The van der Waals surface area contributed by atoms with Gasteiger partial charge in [-0.25, -0.2) is 0 Å². The van der Waals surface area contributed by atoms with E-state index in [9.17, 15) is 9.59 Å². The van der Waals surface area contributed by atoms with Crippen molar-refractivity contribution in [2.45, 2.75) is 13.0 Å². The molecule has 2 aromatic rings. The van der Waals surface area contributed by atoms with Gasteiger partial charge in [0.05, 0.1) is 17.9 Å². The van der Waals surface area contributed by atoms with E-state index in [1.165, 1.54) is 6.26 Å². The van der Waals surface area contributed by atoms with Gasteiger partial charge in [-0.05, 0) is 43.3 Å². The smallest absolute Gasteiger partial charge is 0.287 e. The van der Waals surface area contributed by atoms with Crippen LogP contribution in [-0.2, 0) is 4.79 Å². The predicted octanol–water partition coefficient (Wildman–Crippen LogP) is 1.46. The van der Waals surface area contributed by atoms with E-state index in [0.717, 1.165) is 0 Å². The lowest BCUT2D eigenvalue weighted by atomic mass is 10.2. The normalized spacial score (nSPS) is 11.2. The molecule has 0 fully saturated rings. The highest BCUT2D eigenvalue weighted by molar-refractivity contribution is 5.91. The molecule has 1 heterocycles. The van der Waals surface area contributed by atoms with Crippen LogP contribution in [0.25, 0.3) is 0 Å².